The molecular weight excluding hydrogens is 400 g/mol. The maximum Gasteiger partial charge on any atom is 0.410 e. The van der Waals surface area contributed by atoms with Gasteiger partial charge in [-0.3, -0.25) is 0 Å². The fourth-order valence-electron chi connectivity index (χ4n) is 4.12. The van der Waals surface area contributed by atoms with Gasteiger partial charge in [-0.1, -0.05) is 17.7 Å². The smallest absolute Gasteiger partial charge is 0.410 e. The molecule has 0 atom stereocenters. The Morgan fingerprint density at radius 3 is 2.36 bits per heavy atom. The fourth-order valence-corrected chi connectivity index (χ4v) is 5.16. The lowest BCUT2D eigenvalue weighted by atomic mass is 9.69. The number of nitrogens with zero attached hydrogens (tertiary/aromatic N) is 2. The van der Waals surface area contributed by atoms with Gasteiger partial charge in [0.15, 0.2) is 0 Å². The molecule has 0 radical (unpaired) electrons. The molecule has 1 saturated heterocycles. The molecule has 3 rings (SSSR count). The number of carbonyl (C=O) groups excluding carboxylic acids is 1. The molecule has 0 aliphatic carbocycles. The number of benzene rings is 1. The van der Waals surface area contributed by atoms with E-state index in [1.54, 1.807) is 4.90 Å². The number of ether oxygens (including phenoxy) is 1. The quantitative estimate of drug-likeness (QED) is 0.684. The Morgan fingerprint density at radius 1 is 1.21 bits per heavy atom. The van der Waals surface area contributed by atoms with E-state index in [0.717, 1.165) is 16.7 Å². The number of aryl methyl sites for hydroxylation is 1. The highest BCUT2D eigenvalue weighted by atomic mass is 35.5. The van der Waals surface area contributed by atoms with Gasteiger partial charge in [0, 0.05) is 36.6 Å². The van der Waals surface area contributed by atoms with E-state index in [-0.39, 0.29) is 11.5 Å². The lowest BCUT2D eigenvalue weighted by Gasteiger charge is -2.48. The molecule has 0 N–H and O–H groups in total. The van der Waals surface area contributed by atoms with Crippen LogP contribution in [0.3, 0.4) is 0 Å². The van der Waals surface area contributed by atoms with Gasteiger partial charge in [0.05, 0.1) is 6.26 Å². The minimum atomic E-state index is -3.34. The Labute approximate surface area is 172 Å². The zero-order chi connectivity index (χ0) is 20.9. The molecule has 1 aromatic rings. The molecule has 28 heavy (non-hydrogen) atoms. The second-order valence-electron chi connectivity index (χ2n) is 9.04. The number of carbonyl (C=O) groups is 1. The summed E-state index contributed by atoms with van der Waals surface area (Å²) in [4.78, 5) is 14.2. The number of amides is 1. The molecule has 1 spiro atoms. The van der Waals surface area contributed by atoms with E-state index in [1.807, 2.05) is 33.8 Å². The van der Waals surface area contributed by atoms with Crippen LogP contribution >= 0.6 is 11.6 Å². The Hall–Kier alpha value is -1.31. The number of halogens is 1. The standard InChI is InChI=1S/C20H29ClN2O4S/c1-14-10-16-15(11-17(14)21)12-23(28(5,25)26)13-20(16)6-8-22(9-7-20)18(24)27-19(2,3)4/h10-11H,6-9,12-13H2,1-5H3. The summed E-state index contributed by atoms with van der Waals surface area (Å²) in [5, 5.41) is 0.649. The van der Waals surface area contributed by atoms with Crippen molar-refractivity contribution in [3.8, 4) is 0 Å². The number of hydrogen-bond acceptors (Lipinski definition) is 4. The van der Waals surface area contributed by atoms with Gasteiger partial charge in [0.1, 0.15) is 5.60 Å². The molecule has 156 valence electrons. The van der Waals surface area contributed by atoms with Crippen molar-refractivity contribution in [2.75, 3.05) is 25.9 Å². The van der Waals surface area contributed by atoms with Crippen LogP contribution in [0.2, 0.25) is 5.02 Å². The van der Waals surface area contributed by atoms with Crippen LogP contribution in [0, 0.1) is 6.92 Å². The Bertz CT molecular complexity index is 884. The van der Waals surface area contributed by atoms with Crippen LogP contribution in [0.1, 0.15) is 50.3 Å². The SMILES string of the molecule is Cc1cc2c(cc1Cl)CN(S(C)(=O)=O)CC21CCN(C(=O)OC(C)(C)C)CC1. The molecule has 2 heterocycles. The fraction of sp³-hybridized carbons (Fsp3) is 0.650. The number of piperidine rings is 1. The third-order valence-electron chi connectivity index (χ3n) is 5.62. The average Bonchev–Trinajstić information content (AvgIpc) is 2.55. The summed E-state index contributed by atoms with van der Waals surface area (Å²) < 4.78 is 31.7. The van der Waals surface area contributed by atoms with Gasteiger partial charge in [-0.05, 0) is 63.3 Å². The van der Waals surface area contributed by atoms with Crippen LogP contribution in [0.15, 0.2) is 12.1 Å². The molecule has 2 aliphatic rings. The van der Waals surface area contributed by atoms with E-state index in [0.29, 0.717) is 44.0 Å². The zero-order valence-corrected chi connectivity index (χ0v) is 18.8. The van der Waals surface area contributed by atoms with Crippen molar-refractivity contribution in [1.82, 2.24) is 9.21 Å². The lowest BCUT2D eigenvalue weighted by molar-refractivity contribution is 0.0146. The second-order valence-corrected chi connectivity index (χ2v) is 11.4. The van der Waals surface area contributed by atoms with Gasteiger partial charge in [0.2, 0.25) is 10.0 Å². The maximum atomic E-state index is 12.4. The molecule has 0 unspecified atom stereocenters. The first kappa shape index (κ1) is 21.4. The van der Waals surface area contributed by atoms with Crippen molar-refractivity contribution in [3.05, 3.63) is 33.8 Å². The molecule has 2 aliphatic heterocycles. The predicted molar refractivity (Wildman–Crippen MR) is 110 cm³/mol. The maximum absolute atomic E-state index is 12.4. The van der Waals surface area contributed by atoms with Crippen molar-refractivity contribution in [1.29, 1.82) is 0 Å². The van der Waals surface area contributed by atoms with Crippen LogP contribution < -0.4 is 0 Å². The monoisotopic (exact) mass is 428 g/mol. The average molecular weight is 429 g/mol. The van der Waals surface area contributed by atoms with Gasteiger partial charge >= 0.3 is 6.09 Å². The van der Waals surface area contributed by atoms with Crippen molar-refractivity contribution >= 4 is 27.7 Å². The number of sulfonamides is 1. The molecule has 6 nitrogen and oxygen atoms in total. The van der Waals surface area contributed by atoms with E-state index in [2.05, 4.69) is 6.07 Å². The van der Waals surface area contributed by atoms with Gasteiger partial charge < -0.3 is 9.64 Å². The highest BCUT2D eigenvalue weighted by Gasteiger charge is 2.45. The molecular formula is C20H29ClN2O4S. The summed E-state index contributed by atoms with van der Waals surface area (Å²) in [6.07, 6.45) is 2.31. The first-order valence-electron chi connectivity index (χ1n) is 9.53. The van der Waals surface area contributed by atoms with Gasteiger partial charge in [-0.2, -0.15) is 4.31 Å². The normalized spacial score (nSPS) is 20.1. The number of fused-ring (bicyclic) bond motifs is 2. The van der Waals surface area contributed by atoms with Crippen molar-refractivity contribution < 1.29 is 17.9 Å². The van der Waals surface area contributed by atoms with E-state index >= 15 is 0 Å². The molecule has 8 heteroatoms. The lowest BCUT2D eigenvalue weighted by Crippen LogP contribution is -2.54. The van der Waals surface area contributed by atoms with Crippen molar-refractivity contribution in [3.63, 3.8) is 0 Å². The summed E-state index contributed by atoms with van der Waals surface area (Å²) >= 11 is 6.32. The number of likely N-dealkylation sites (tertiary alicyclic amines) is 1. The van der Waals surface area contributed by atoms with Gasteiger partial charge in [0.25, 0.3) is 0 Å². The third kappa shape index (κ3) is 4.31. The summed E-state index contributed by atoms with van der Waals surface area (Å²) in [6.45, 7) is 9.36. The largest absolute Gasteiger partial charge is 0.444 e. The summed E-state index contributed by atoms with van der Waals surface area (Å²) in [7, 11) is -3.34. The van der Waals surface area contributed by atoms with E-state index < -0.39 is 15.6 Å². The zero-order valence-electron chi connectivity index (χ0n) is 17.2. The molecule has 0 saturated carbocycles. The summed E-state index contributed by atoms with van der Waals surface area (Å²) in [5.74, 6) is 0. The van der Waals surface area contributed by atoms with Crippen LogP contribution in [0.5, 0.6) is 0 Å². The topological polar surface area (TPSA) is 66.9 Å². The molecule has 1 amide bonds. The van der Waals surface area contributed by atoms with Crippen LogP contribution in [0.25, 0.3) is 0 Å². The Kier molecular flexibility index (Phi) is 5.49. The number of rotatable bonds is 1. The van der Waals surface area contributed by atoms with Crippen LogP contribution in [-0.4, -0.2) is 55.2 Å². The highest BCUT2D eigenvalue weighted by molar-refractivity contribution is 7.88. The minimum Gasteiger partial charge on any atom is -0.444 e. The van der Waals surface area contributed by atoms with E-state index in [9.17, 15) is 13.2 Å². The summed E-state index contributed by atoms with van der Waals surface area (Å²) in [6, 6.07) is 3.99. The van der Waals surface area contributed by atoms with Crippen molar-refractivity contribution in [2.24, 2.45) is 0 Å². The van der Waals surface area contributed by atoms with Gasteiger partial charge in [-0.25, -0.2) is 13.2 Å². The van der Waals surface area contributed by atoms with Crippen molar-refractivity contribution in [2.45, 2.75) is 58.1 Å². The minimum absolute atomic E-state index is 0.314. The second kappa shape index (κ2) is 7.18. The predicted octanol–water partition coefficient (Wildman–Crippen LogP) is 3.69. The van der Waals surface area contributed by atoms with E-state index in [4.69, 9.17) is 16.3 Å². The van der Waals surface area contributed by atoms with E-state index in [1.165, 1.54) is 10.6 Å². The summed E-state index contributed by atoms with van der Waals surface area (Å²) in [5.41, 5.74) is 2.26. The Balaban J connectivity index is 1.91. The van der Waals surface area contributed by atoms with Gasteiger partial charge in [-0.15, -0.1) is 0 Å². The first-order valence-corrected chi connectivity index (χ1v) is 11.8. The third-order valence-corrected chi connectivity index (χ3v) is 7.23. The molecule has 1 fully saturated rings. The van der Waals surface area contributed by atoms with Crippen LogP contribution in [0.4, 0.5) is 4.79 Å². The first-order chi connectivity index (χ1) is 12.8. The highest BCUT2D eigenvalue weighted by Crippen LogP contribution is 2.44. The molecule has 0 aromatic heterocycles. The number of hydrogen-bond donors (Lipinski definition) is 0. The molecule has 1 aromatic carbocycles. The Morgan fingerprint density at radius 2 is 1.82 bits per heavy atom. The van der Waals surface area contributed by atoms with Crippen LogP contribution in [-0.2, 0) is 26.7 Å². The molecule has 0 bridgehead atoms.